The van der Waals surface area contributed by atoms with E-state index in [0.29, 0.717) is 6.04 Å². The van der Waals surface area contributed by atoms with Crippen LogP contribution < -0.4 is 10.6 Å². The van der Waals surface area contributed by atoms with E-state index in [0.717, 1.165) is 24.9 Å². The highest BCUT2D eigenvalue weighted by Crippen LogP contribution is 2.30. The summed E-state index contributed by atoms with van der Waals surface area (Å²) in [5.41, 5.74) is -0.550. The van der Waals surface area contributed by atoms with Crippen molar-refractivity contribution >= 4 is 0 Å². The van der Waals surface area contributed by atoms with Crippen molar-refractivity contribution in [3.8, 4) is 0 Å². The molecule has 1 saturated carbocycles. The summed E-state index contributed by atoms with van der Waals surface area (Å²) in [6, 6.07) is 1.32. The lowest BCUT2D eigenvalue weighted by Crippen LogP contribution is -2.50. The Bertz CT molecular complexity index is 249. The quantitative estimate of drug-likeness (QED) is 0.703. The largest absolute Gasteiger partial charge is 0.389 e. The Hall–Kier alpha value is -0.120. The van der Waals surface area contributed by atoms with Crippen LogP contribution in [0.25, 0.3) is 0 Å². The third-order valence-corrected chi connectivity index (χ3v) is 4.94. The summed E-state index contributed by atoms with van der Waals surface area (Å²) in [4.78, 5) is 0. The minimum Gasteiger partial charge on any atom is -0.389 e. The van der Waals surface area contributed by atoms with E-state index in [1.165, 1.54) is 45.1 Å². The van der Waals surface area contributed by atoms with Gasteiger partial charge in [0.1, 0.15) is 0 Å². The van der Waals surface area contributed by atoms with Crippen molar-refractivity contribution in [1.29, 1.82) is 0 Å². The van der Waals surface area contributed by atoms with Gasteiger partial charge in [-0.3, -0.25) is 0 Å². The van der Waals surface area contributed by atoms with Crippen molar-refractivity contribution in [2.24, 2.45) is 5.92 Å². The second kappa shape index (κ2) is 6.36. The first kappa shape index (κ1) is 14.3. The SMILES string of the molecule is CCC(C)(O)CNC1CCCCC1C1CCCN1. The number of aliphatic hydroxyl groups is 1. The average Bonchev–Trinajstić information content (AvgIpc) is 2.91. The summed E-state index contributed by atoms with van der Waals surface area (Å²) in [6.45, 7) is 5.92. The highest BCUT2D eigenvalue weighted by molar-refractivity contribution is 4.92. The van der Waals surface area contributed by atoms with Crippen LogP contribution in [-0.4, -0.2) is 35.9 Å². The number of hydrogen-bond acceptors (Lipinski definition) is 3. The molecule has 3 N–H and O–H groups in total. The van der Waals surface area contributed by atoms with Crippen molar-refractivity contribution < 1.29 is 5.11 Å². The molecule has 3 heteroatoms. The van der Waals surface area contributed by atoms with Gasteiger partial charge in [-0.15, -0.1) is 0 Å². The predicted octanol–water partition coefficient (Wildman–Crippen LogP) is 2.05. The molecule has 0 bridgehead atoms. The number of rotatable bonds is 5. The minimum absolute atomic E-state index is 0.550. The maximum Gasteiger partial charge on any atom is 0.0741 e. The molecule has 0 radical (unpaired) electrons. The second-order valence-corrected chi connectivity index (χ2v) is 6.49. The number of nitrogens with one attached hydrogen (secondary N) is 2. The molecule has 1 aliphatic heterocycles. The monoisotopic (exact) mass is 254 g/mol. The van der Waals surface area contributed by atoms with Gasteiger partial charge in [0, 0.05) is 18.6 Å². The lowest BCUT2D eigenvalue weighted by Gasteiger charge is -2.38. The fraction of sp³-hybridized carbons (Fsp3) is 1.00. The Kier molecular flexibility index (Phi) is 5.05. The molecule has 18 heavy (non-hydrogen) atoms. The first-order valence-corrected chi connectivity index (χ1v) is 7.81. The molecule has 0 aromatic carbocycles. The Morgan fingerprint density at radius 2 is 2.00 bits per heavy atom. The summed E-state index contributed by atoms with van der Waals surface area (Å²) in [5.74, 6) is 0.772. The van der Waals surface area contributed by atoms with Crippen LogP contribution in [0.2, 0.25) is 0 Å². The normalized spacial score (nSPS) is 36.5. The zero-order valence-corrected chi connectivity index (χ0v) is 12.0. The van der Waals surface area contributed by atoms with Gasteiger partial charge >= 0.3 is 0 Å². The van der Waals surface area contributed by atoms with Crippen molar-refractivity contribution in [1.82, 2.24) is 10.6 Å². The predicted molar refractivity (Wildman–Crippen MR) is 75.7 cm³/mol. The third kappa shape index (κ3) is 3.69. The molecule has 0 amide bonds. The van der Waals surface area contributed by atoms with Gasteiger partial charge in [0.25, 0.3) is 0 Å². The molecule has 4 atom stereocenters. The second-order valence-electron chi connectivity index (χ2n) is 6.49. The summed E-state index contributed by atoms with van der Waals surface area (Å²) >= 11 is 0. The summed E-state index contributed by atoms with van der Waals surface area (Å²) in [7, 11) is 0. The van der Waals surface area contributed by atoms with Crippen LogP contribution >= 0.6 is 0 Å². The smallest absolute Gasteiger partial charge is 0.0741 e. The zero-order valence-electron chi connectivity index (χ0n) is 12.0. The van der Waals surface area contributed by atoms with Gasteiger partial charge in [0.05, 0.1) is 5.60 Å². The number of hydrogen-bond donors (Lipinski definition) is 3. The van der Waals surface area contributed by atoms with E-state index < -0.39 is 5.60 Å². The molecule has 1 aliphatic carbocycles. The zero-order chi connectivity index (χ0) is 13.0. The van der Waals surface area contributed by atoms with Crippen LogP contribution in [0.15, 0.2) is 0 Å². The highest BCUT2D eigenvalue weighted by Gasteiger charge is 2.33. The summed E-state index contributed by atoms with van der Waals surface area (Å²) in [6.07, 6.45) is 8.85. The molecule has 0 spiro atoms. The van der Waals surface area contributed by atoms with E-state index in [9.17, 15) is 5.11 Å². The minimum atomic E-state index is -0.550. The molecular weight excluding hydrogens is 224 g/mol. The Balaban J connectivity index is 1.87. The van der Waals surface area contributed by atoms with Gasteiger partial charge in [0.2, 0.25) is 0 Å². The summed E-state index contributed by atoms with van der Waals surface area (Å²) < 4.78 is 0. The maximum absolute atomic E-state index is 10.1. The average molecular weight is 254 g/mol. The van der Waals surface area contributed by atoms with Gasteiger partial charge in [-0.05, 0) is 51.5 Å². The Morgan fingerprint density at radius 3 is 2.67 bits per heavy atom. The maximum atomic E-state index is 10.1. The van der Waals surface area contributed by atoms with Gasteiger partial charge in [-0.1, -0.05) is 19.8 Å². The van der Waals surface area contributed by atoms with Crippen molar-refractivity contribution in [3.63, 3.8) is 0 Å². The lowest BCUT2D eigenvalue weighted by molar-refractivity contribution is 0.0465. The van der Waals surface area contributed by atoms with Crippen LogP contribution in [0.3, 0.4) is 0 Å². The van der Waals surface area contributed by atoms with Crippen LogP contribution in [0.4, 0.5) is 0 Å². The topological polar surface area (TPSA) is 44.3 Å². The van der Waals surface area contributed by atoms with Crippen LogP contribution in [0.1, 0.15) is 58.8 Å². The molecule has 106 valence electrons. The third-order valence-electron chi connectivity index (χ3n) is 4.94. The van der Waals surface area contributed by atoms with Crippen molar-refractivity contribution in [3.05, 3.63) is 0 Å². The fourth-order valence-corrected chi connectivity index (χ4v) is 3.45. The molecule has 1 saturated heterocycles. The molecule has 2 aliphatic rings. The van der Waals surface area contributed by atoms with E-state index in [1.54, 1.807) is 0 Å². The standard InChI is InChI=1S/C15H30N2O/c1-3-15(2,18)11-17-14-8-5-4-7-12(14)13-9-6-10-16-13/h12-14,16-18H,3-11H2,1-2H3. The van der Waals surface area contributed by atoms with E-state index in [4.69, 9.17) is 0 Å². The molecule has 4 unspecified atom stereocenters. The summed E-state index contributed by atoms with van der Waals surface area (Å²) in [5, 5.41) is 17.4. The first-order valence-electron chi connectivity index (χ1n) is 7.81. The van der Waals surface area contributed by atoms with E-state index >= 15 is 0 Å². The van der Waals surface area contributed by atoms with E-state index in [1.807, 2.05) is 6.92 Å². The molecule has 2 rings (SSSR count). The fourth-order valence-electron chi connectivity index (χ4n) is 3.45. The van der Waals surface area contributed by atoms with E-state index in [2.05, 4.69) is 17.6 Å². The van der Waals surface area contributed by atoms with Crippen molar-refractivity contribution in [2.45, 2.75) is 76.5 Å². The van der Waals surface area contributed by atoms with Gasteiger partial charge in [-0.2, -0.15) is 0 Å². The Morgan fingerprint density at radius 1 is 1.22 bits per heavy atom. The molecular formula is C15H30N2O. The Labute approximate surface area is 112 Å². The van der Waals surface area contributed by atoms with Gasteiger partial charge in [-0.25, -0.2) is 0 Å². The van der Waals surface area contributed by atoms with Crippen molar-refractivity contribution in [2.75, 3.05) is 13.1 Å². The molecule has 0 aromatic heterocycles. The molecule has 0 aromatic rings. The first-order chi connectivity index (χ1) is 8.62. The molecule has 2 fully saturated rings. The van der Waals surface area contributed by atoms with Gasteiger partial charge < -0.3 is 15.7 Å². The molecule has 3 nitrogen and oxygen atoms in total. The highest BCUT2D eigenvalue weighted by atomic mass is 16.3. The van der Waals surface area contributed by atoms with Crippen LogP contribution in [0, 0.1) is 5.92 Å². The van der Waals surface area contributed by atoms with E-state index in [-0.39, 0.29) is 0 Å². The lowest BCUT2D eigenvalue weighted by atomic mass is 9.79. The van der Waals surface area contributed by atoms with Crippen LogP contribution in [0.5, 0.6) is 0 Å². The molecule has 1 heterocycles. The van der Waals surface area contributed by atoms with Gasteiger partial charge in [0.15, 0.2) is 0 Å². The van der Waals surface area contributed by atoms with Crippen LogP contribution in [-0.2, 0) is 0 Å².